The summed E-state index contributed by atoms with van der Waals surface area (Å²) in [5.41, 5.74) is 0. The Balaban J connectivity index is 1.71. The second kappa shape index (κ2) is 8.14. The minimum Gasteiger partial charge on any atom is -0.377 e. The van der Waals surface area contributed by atoms with Gasteiger partial charge in [-0.2, -0.15) is 0 Å². The van der Waals surface area contributed by atoms with E-state index in [1.54, 1.807) is 0 Å². The van der Waals surface area contributed by atoms with Crippen LogP contribution in [-0.2, 0) is 9.53 Å². The number of nitrogens with zero attached hydrogens (tertiary/aromatic N) is 2. The molecule has 2 rings (SSSR count). The number of rotatable bonds is 5. The molecule has 1 aliphatic carbocycles. The predicted octanol–water partition coefficient (Wildman–Crippen LogP) is 2.52. The van der Waals surface area contributed by atoms with Gasteiger partial charge in [-0.1, -0.05) is 6.92 Å². The molecule has 1 atom stereocenters. The van der Waals surface area contributed by atoms with Crippen LogP contribution < -0.4 is 0 Å². The van der Waals surface area contributed by atoms with Crippen LogP contribution in [0.4, 0.5) is 0 Å². The van der Waals surface area contributed by atoms with Crippen LogP contribution in [0, 0.1) is 5.92 Å². The van der Waals surface area contributed by atoms with E-state index in [9.17, 15) is 4.79 Å². The van der Waals surface area contributed by atoms with Gasteiger partial charge in [-0.25, -0.2) is 0 Å². The van der Waals surface area contributed by atoms with Gasteiger partial charge in [-0.05, 0) is 57.9 Å². The normalized spacial score (nSPS) is 30.4. The van der Waals surface area contributed by atoms with Gasteiger partial charge in [0.1, 0.15) is 0 Å². The summed E-state index contributed by atoms with van der Waals surface area (Å²) in [6.45, 7) is 4.59. The lowest BCUT2D eigenvalue weighted by Crippen LogP contribution is -2.45. The van der Waals surface area contributed by atoms with E-state index in [0.29, 0.717) is 18.7 Å². The number of amides is 1. The van der Waals surface area contributed by atoms with Gasteiger partial charge in [0.05, 0.1) is 12.6 Å². The fourth-order valence-corrected chi connectivity index (χ4v) is 3.54. The van der Waals surface area contributed by atoms with E-state index in [4.69, 9.17) is 4.74 Å². The molecule has 0 radical (unpaired) electrons. The monoisotopic (exact) mass is 296 g/mol. The van der Waals surface area contributed by atoms with Crippen molar-refractivity contribution in [1.29, 1.82) is 0 Å². The second-order valence-corrected chi connectivity index (χ2v) is 7.10. The Morgan fingerprint density at radius 2 is 1.81 bits per heavy atom. The number of carbonyl (C=O) groups is 1. The van der Waals surface area contributed by atoms with Gasteiger partial charge in [-0.15, -0.1) is 0 Å². The summed E-state index contributed by atoms with van der Waals surface area (Å²) >= 11 is 0. The maximum atomic E-state index is 12.4. The standard InChI is InChI=1S/C17H32N2O2/c1-14-7-9-15(10-8-14)19(3)17(20)13-18(2)12-16-6-4-5-11-21-16/h14-16H,4-13H2,1-3H3. The topological polar surface area (TPSA) is 32.8 Å². The Labute approximate surface area is 129 Å². The minimum absolute atomic E-state index is 0.257. The molecule has 1 heterocycles. The van der Waals surface area contributed by atoms with Crippen molar-refractivity contribution in [3.63, 3.8) is 0 Å². The van der Waals surface area contributed by atoms with Gasteiger partial charge >= 0.3 is 0 Å². The Bertz CT molecular complexity index is 321. The lowest BCUT2D eigenvalue weighted by atomic mass is 9.87. The lowest BCUT2D eigenvalue weighted by Gasteiger charge is -2.35. The average Bonchev–Trinajstić information content (AvgIpc) is 2.48. The fraction of sp³-hybridized carbons (Fsp3) is 0.941. The van der Waals surface area contributed by atoms with Crippen LogP contribution in [0.2, 0.25) is 0 Å². The first-order valence-corrected chi connectivity index (χ1v) is 8.62. The van der Waals surface area contributed by atoms with Crippen LogP contribution >= 0.6 is 0 Å². The predicted molar refractivity (Wildman–Crippen MR) is 85.3 cm³/mol. The van der Waals surface area contributed by atoms with Crippen molar-refractivity contribution in [3.8, 4) is 0 Å². The second-order valence-electron chi connectivity index (χ2n) is 7.10. The van der Waals surface area contributed by atoms with Crippen LogP contribution in [0.5, 0.6) is 0 Å². The van der Waals surface area contributed by atoms with Crippen LogP contribution in [0.1, 0.15) is 51.9 Å². The minimum atomic E-state index is 0.257. The zero-order valence-corrected chi connectivity index (χ0v) is 14.0. The van der Waals surface area contributed by atoms with Crippen molar-refractivity contribution in [1.82, 2.24) is 9.80 Å². The van der Waals surface area contributed by atoms with Crippen molar-refractivity contribution < 1.29 is 9.53 Å². The molecule has 21 heavy (non-hydrogen) atoms. The largest absolute Gasteiger partial charge is 0.377 e. The third-order valence-corrected chi connectivity index (χ3v) is 5.12. The molecule has 1 amide bonds. The Morgan fingerprint density at radius 3 is 2.43 bits per heavy atom. The summed E-state index contributed by atoms with van der Waals surface area (Å²) in [4.78, 5) is 16.5. The van der Waals surface area contributed by atoms with Crippen LogP contribution in [0.3, 0.4) is 0 Å². The van der Waals surface area contributed by atoms with Crippen molar-refractivity contribution in [2.45, 2.75) is 64.0 Å². The zero-order chi connectivity index (χ0) is 15.2. The summed E-state index contributed by atoms with van der Waals surface area (Å²) in [5.74, 6) is 1.09. The van der Waals surface area contributed by atoms with Gasteiger partial charge in [0.2, 0.25) is 5.91 Å². The highest BCUT2D eigenvalue weighted by atomic mass is 16.5. The number of ether oxygens (including phenoxy) is 1. The first-order valence-electron chi connectivity index (χ1n) is 8.62. The molecule has 0 bridgehead atoms. The number of hydrogen-bond donors (Lipinski definition) is 0. The first kappa shape index (κ1) is 16.8. The molecule has 1 saturated heterocycles. The van der Waals surface area contributed by atoms with Crippen LogP contribution in [0.15, 0.2) is 0 Å². The molecule has 0 spiro atoms. The van der Waals surface area contributed by atoms with Crippen LogP contribution in [0.25, 0.3) is 0 Å². The third kappa shape index (κ3) is 5.26. The molecule has 4 nitrogen and oxygen atoms in total. The van der Waals surface area contributed by atoms with Gasteiger partial charge in [-0.3, -0.25) is 9.69 Å². The molecule has 2 aliphatic rings. The molecule has 0 aromatic carbocycles. The molecular formula is C17H32N2O2. The van der Waals surface area contributed by atoms with Gasteiger partial charge in [0, 0.05) is 26.2 Å². The fourth-order valence-electron chi connectivity index (χ4n) is 3.54. The molecule has 2 fully saturated rings. The zero-order valence-electron chi connectivity index (χ0n) is 14.0. The highest BCUT2D eigenvalue weighted by molar-refractivity contribution is 5.78. The third-order valence-electron chi connectivity index (χ3n) is 5.12. The molecule has 1 aliphatic heterocycles. The van der Waals surface area contributed by atoms with E-state index in [1.807, 2.05) is 19.0 Å². The summed E-state index contributed by atoms with van der Waals surface area (Å²) in [6, 6.07) is 0.452. The molecule has 0 aromatic rings. The molecule has 1 unspecified atom stereocenters. The van der Waals surface area contributed by atoms with Gasteiger partial charge in [0.25, 0.3) is 0 Å². The quantitative estimate of drug-likeness (QED) is 0.781. The molecule has 0 N–H and O–H groups in total. The lowest BCUT2D eigenvalue weighted by molar-refractivity contribution is -0.134. The van der Waals surface area contributed by atoms with E-state index in [1.165, 1.54) is 38.5 Å². The van der Waals surface area contributed by atoms with E-state index >= 15 is 0 Å². The first-order chi connectivity index (χ1) is 10.1. The van der Waals surface area contributed by atoms with E-state index in [0.717, 1.165) is 25.5 Å². The highest BCUT2D eigenvalue weighted by Crippen LogP contribution is 2.26. The molecule has 0 aromatic heterocycles. The smallest absolute Gasteiger partial charge is 0.236 e. The molecule has 1 saturated carbocycles. The average molecular weight is 296 g/mol. The number of likely N-dealkylation sites (N-methyl/N-ethyl adjacent to an activating group) is 2. The van der Waals surface area contributed by atoms with Crippen LogP contribution in [-0.4, -0.2) is 61.6 Å². The van der Waals surface area contributed by atoms with E-state index in [2.05, 4.69) is 11.8 Å². The maximum Gasteiger partial charge on any atom is 0.236 e. The SMILES string of the molecule is CC1CCC(N(C)C(=O)CN(C)CC2CCCCO2)CC1. The summed E-state index contributed by atoms with van der Waals surface area (Å²) < 4.78 is 5.75. The molecule has 4 heteroatoms. The highest BCUT2D eigenvalue weighted by Gasteiger charge is 2.25. The van der Waals surface area contributed by atoms with Crippen molar-refractivity contribution in [2.24, 2.45) is 5.92 Å². The van der Waals surface area contributed by atoms with Gasteiger partial charge < -0.3 is 9.64 Å². The van der Waals surface area contributed by atoms with E-state index in [-0.39, 0.29) is 5.91 Å². The molecular weight excluding hydrogens is 264 g/mol. The summed E-state index contributed by atoms with van der Waals surface area (Å²) in [6.07, 6.45) is 8.74. The summed E-state index contributed by atoms with van der Waals surface area (Å²) in [7, 11) is 4.01. The Hall–Kier alpha value is -0.610. The maximum absolute atomic E-state index is 12.4. The van der Waals surface area contributed by atoms with Crippen molar-refractivity contribution in [3.05, 3.63) is 0 Å². The number of hydrogen-bond acceptors (Lipinski definition) is 3. The Morgan fingerprint density at radius 1 is 1.10 bits per heavy atom. The van der Waals surface area contributed by atoms with E-state index < -0.39 is 0 Å². The molecule has 122 valence electrons. The van der Waals surface area contributed by atoms with Crippen molar-refractivity contribution >= 4 is 5.91 Å². The summed E-state index contributed by atoms with van der Waals surface area (Å²) in [5, 5.41) is 0. The number of carbonyl (C=O) groups excluding carboxylic acids is 1. The Kier molecular flexibility index (Phi) is 6.49. The van der Waals surface area contributed by atoms with Crippen molar-refractivity contribution in [2.75, 3.05) is 33.8 Å². The van der Waals surface area contributed by atoms with Gasteiger partial charge in [0.15, 0.2) is 0 Å².